The van der Waals surface area contributed by atoms with Crippen molar-refractivity contribution in [1.29, 1.82) is 0 Å². The van der Waals surface area contributed by atoms with Crippen molar-refractivity contribution < 1.29 is 4.79 Å². The molecule has 0 saturated heterocycles. The second-order valence-electron chi connectivity index (χ2n) is 6.22. The summed E-state index contributed by atoms with van der Waals surface area (Å²) < 4.78 is 0. The summed E-state index contributed by atoms with van der Waals surface area (Å²) in [6, 6.07) is 9.01. The molecule has 2 heteroatoms. The van der Waals surface area contributed by atoms with Gasteiger partial charge < -0.3 is 9.69 Å². The zero-order valence-electron chi connectivity index (χ0n) is 13.2. The maximum absolute atomic E-state index is 8.00. The molecule has 0 atom stereocenters. The van der Waals surface area contributed by atoms with Crippen molar-refractivity contribution in [1.82, 2.24) is 4.90 Å². The van der Waals surface area contributed by atoms with Crippen LogP contribution in [0.5, 0.6) is 0 Å². The fourth-order valence-electron chi connectivity index (χ4n) is 2.21. The summed E-state index contributed by atoms with van der Waals surface area (Å²) in [6.45, 7) is 8.76. The number of hydrogen-bond acceptors (Lipinski definition) is 2. The summed E-state index contributed by atoms with van der Waals surface area (Å²) in [7, 11) is 4.18. The molecule has 1 aromatic carbocycles. The largest absolute Gasteiger partial charge is 0.378 e. The highest BCUT2D eigenvalue weighted by atomic mass is 16.1. The second kappa shape index (κ2) is 6.56. The van der Waals surface area contributed by atoms with E-state index in [0.717, 1.165) is 6.42 Å². The van der Waals surface area contributed by atoms with Crippen LogP contribution in [0.1, 0.15) is 38.3 Å². The van der Waals surface area contributed by atoms with Crippen LogP contribution in [-0.2, 0) is 10.2 Å². The molecule has 0 fully saturated rings. The van der Waals surface area contributed by atoms with Crippen molar-refractivity contribution in [3.63, 3.8) is 0 Å². The lowest BCUT2D eigenvalue weighted by atomic mass is 9.86. The van der Waals surface area contributed by atoms with E-state index in [4.69, 9.17) is 4.79 Å². The van der Waals surface area contributed by atoms with Crippen LogP contribution in [-0.4, -0.2) is 25.8 Å². The molecule has 0 heterocycles. The summed E-state index contributed by atoms with van der Waals surface area (Å²) in [4.78, 5) is 10.2. The van der Waals surface area contributed by atoms with Crippen molar-refractivity contribution in [2.75, 3.05) is 14.1 Å². The minimum atomic E-state index is 0.232. The van der Waals surface area contributed by atoms with E-state index >= 15 is 0 Å². The fourth-order valence-corrected chi connectivity index (χ4v) is 2.21. The molecule has 1 aliphatic rings. The van der Waals surface area contributed by atoms with E-state index < -0.39 is 0 Å². The third-order valence-electron chi connectivity index (χ3n) is 3.49. The molecule has 0 aromatic heterocycles. The first-order chi connectivity index (χ1) is 9.38. The number of carbonyl (C=O) groups excluding carboxylic acids is 1. The molecular formula is C18H25NO. The lowest BCUT2D eigenvalue weighted by molar-refractivity contribution is -0.0979. The molecule has 0 bridgehead atoms. The minimum Gasteiger partial charge on any atom is -0.378 e. The zero-order valence-corrected chi connectivity index (χ0v) is 13.2. The first-order valence-electron chi connectivity index (χ1n) is 6.86. The summed E-state index contributed by atoms with van der Waals surface area (Å²) in [5.41, 5.74) is 5.70. The van der Waals surface area contributed by atoms with Crippen LogP contribution in [0.4, 0.5) is 0 Å². The Morgan fingerprint density at radius 2 is 1.60 bits per heavy atom. The van der Waals surface area contributed by atoms with Gasteiger partial charge in [-0.1, -0.05) is 51.1 Å². The Kier molecular flexibility index (Phi) is 5.32. The number of likely N-dealkylation sites (N-methyl/N-ethyl adjacent to an activating group) is 1. The van der Waals surface area contributed by atoms with Gasteiger partial charge in [-0.05, 0) is 34.6 Å². The SMILES string of the molecule is C=O.CN(C)C1=CCC(c2ccc(C(C)(C)C)cc2)=C1. The minimum absolute atomic E-state index is 0.232. The highest BCUT2D eigenvalue weighted by Gasteiger charge is 2.14. The maximum atomic E-state index is 8.00. The van der Waals surface area contributed by atoms with Crippen LogP contribution < -0.4 is 0 Å². The standard InChI is InChI=1S/C17H23N.CH2O/c1-17(2,3)15-9-6-13(7-10-15)14-8-11-16(12-14)18(4)5;1-2/h6-7,9-12H,8H2,1-5H3;1H2. The van der Waals surface area contributed by atoms with Gasteiger partial charge in [-0.25, -0.2) is 0 Å². The monoisotopic (exact) mass is 271 g/mol. The summed E-state index contributed by atoms with van der Waals surface area (Å²) in [5, 5.41) is 0. The molecule has 0 spiro atoms. The van der Waals surface area contributed by atoms with Crippen LogP contribution in [0, 0.1) is 0 Å². The first kappa shape index (κ1) is 16.2. The quantitative estimate of drug-likeness (QED) is 0.809. The molecule has 1 aromatic rings. The Balaban J connectivity index is 0.000000956. The fraction of sp³-hybridized carbons (Fsp3) is 0.389. The van der Waals surface area contributed by atoms with Crippen LogP contribution in [0.3, 0.4) is 0 Å². The van der Waals surface area contributed by atoms with Crippen molar-refractivity contribution in [2.24, 2.45) is 0 Å². The van der Waals surface area contributed by atoms with Gasteiger partial charge in [0.2, 0.25) is 0 Å². The Bertz CT molecular complexity index is 501. The Labute approximate surface area is 122 Å². The molecular weight excluding hydrogens is 246 g/mol. The molecule has 0 aliphatic heterocycles. The third-order valence-corrected chi connectivity index (χ3v) is 3.49. The number of hydrogen-bond donors (Lipinski definition) is 0. The average Bonchev–Trinajstić information content (AvgIpc) is 2.90. The predicted octanol–water partition coefficient (Wildman–Crippen LogP) is 4.03. The number of carbonyl (C=O) groups is 1. The first-order valence-corrected chi connectivity index (χ1v) is 6.86. The molecule has 0 unspecified atom stereocenters. The second-order valence-corrected chi connectivity index (χ2v) is 6.22. The van der Waals surface area contributed by atoms with Crippen LogP contribution in [0.25, 0.3) is 5.57 Å². The highest BCUT2D eigenvalue weighted by molar-refractivity contribution is 5.72. The van der Waals surface area contributed by atoms with Gasteiger partial charge in [0, 0.05) is 19.8 Å². The summed E-state index contributed by atoms with van der Waals surface area (Å²) >= 11 is 0. The average molecular weight is 271 g/mol. The van der Waals surface area contributed by atoms with Crippen molar-refractivity contribution in [3.8, 4) is 0 Å². The number of benzene rings is 1. The lowest BCUT2D eigenvalue weighted by Crippen LogP contribution is -2.10. The smallest absolute Gasteiger partial charge is 0.106 e. The van der Waals surface area contributed by atoms with Gasteiger partial charge in [-0.3, -0.25) is 0 Å². The van der Waals surface area contributed by atoms with Crippen molar-refractivity contribution in [2.45, 2.75) is 32.6 Å². The van der Waals surface area contributed by atoms with Crippen LogP contribution >= 0.6 is 0 Å². The topological polar surface area (TPSA) is 20.3 Å². The van der Waals surface area contributed by atoms with Gasteiger partial charge in [0.15, 0.2) is 0 Å². The van der Waals surface area contributed by atoms with Gasteiger partial charge in [-0.2, -0.15) is 0 Å². The third kappa shape index (κ3) is 3.83. The molecule has 2 rings (SSSR count). The Hall–Kier alpha value is -1.83. The van der Waals surface area contributed by atoms with Crippen LogP contribution in [0.15, 0.2) is 42.1 Å². The van der Waals surface area contributed by atoms with Gasteiger partial charge in [0.1, 0.15) is 6.79 Å². The number of allylic oxidation sites excluding steroid dienone is 3. The van der Waals surface area contributed by atoms with Gasteiger partial charge in [-0.15, -0.1) is 0 Å². The Morgan fingerprint density at radius 3 is 2.00 bits per heavy atom. The Morgan fingerprint density at radius 1 is 1.05 bits per heavy atom. The number of nitrogens with zero attached hydrogens (tertiary/aromatic N) is 1. The molecule has 0 saturated carbocycles. The summed E-state index contributed by atoms with van der Waals surface area (Å²) in [5.74, 6) is 0. The summed E-state index contributed by atoms with van der Waals surface area (Å²) in [6.07, 6.45) is 5.61. The molecule has 108 valence electrons. The van der Waals surface area contributed by atoms with Gasteiger partial charge >= 0.3 is 0 Å². The maximum Gasteiger partial charge on any atom is 0.106 e. The van der Waals surface area contributed by atoms with Crippen LogP contribution in [0.2, 0.25) is 0 Å². The molecule has 1 aliphatic carbocycles. The van der Waals surface area contributed by atoms with E-state index in [1.807, 2.05) is 6.79 Å². The molecule has 0 N–H and O–H groups in total. The zero-order chi connectivity index (χ0) is 15.3. The molecule has 0 amide bonds. The predicted molar refractivity (Wildman–Crippen MR) is 86.6 cm³/mol. The van der Waals surface area contributed by atoms with Crippen molar-refractivity contribution in [3.05, 3.63) is 53.2 Å². The molecule has 20 heavy (non-hydrogen) atoms. The van der Waals surface area contributed by atoms with Crippen molar-refractivity contribution >= 4 is 12.4 Å². The molecule has 0 radical (unpaired) electrons. The highest BCUT2D eigenvalue weighted by Crippen LogP contribution is 2.29. The van der Waals surface area contributed by atoms with E-state index in [2.05, 4.69) is 76.2 Å². The lowest BCUT2D eigenvalue weighted by Gasteiger charge is -2.19. The van der Waals surface area contributed by atoms with E-state index in [1.165, 1.54) is 22.4 Å². The molecule has 2 nitrogen and oxygen atoms in total. The van der Waals surface area contributed by atoms with E-state index in [9.17, 15) is 0 Å². The number of rotatable bonds is 2. The van der Waals surface area contributed by atoms with Gasteiger partial charge in [0.25, 0.3) is 0 Å². The van der Waals surface area contributed by atoms with E-state index in [0.29, 0.717) is 0 Å². The van der Waals surface area contributed by atoms with E-state index in [-0.39, 0.29) is 5.41 Å². The van der Waals surface area contributed by atoms with E-state index in [1.54, 1.807) is 0 Å². The van der Waals surface area contributed by atoms with Gasteiger partial charge in [0.05, 0.1) is 0 Å². The normalized spacial score (nSPS) is 14.1.